The Balaban J connectivity index is 1.75. The monoisotopic (exact) mass is 390 g/mol. The maximum atomic E-state index is 12.7. The van der Waals surface area contributed by atoms with Gasteiger partial charge in [0.15, 0.2) is 0 Å². The van der Waals surface area contributed by atoms with Crippen molar-refractivity contribution in [3.05, 3.63) is 0 Å². The molecule has 0 aliphatic heterocycles. The summed E-state index contributed by atoms with van der Waals surface area (Å²) in [5.74, 6) is 6.33. The fourth-order valence-electron chi connectivity index (χ4n) is 6.60. The number of rotatable bonds is 8. The van der Waals surface area contributed by atoms with E-state index in [0.29, 0.717) is 11.2 Å². The molecule has 0 aromatic heterocycles. The molecular formula is C27H50O. The highest BCUT2D eigenvalue weighted by molar-refractivity contribution is 5.78. The summed E-state index contributed by atoms with van der Waals surface area (Å²) >= 11 is 0. The number of hydrogen-bond donors (Lipinski definition) is 0. The fraction of sp³-hybridized carbons (Fsp3) is 0.963. The molecule has 0 bridgehead atoms. The largest absolute Gasteiger partial charge is 0.300 e. The van der Waals surface area contributed by atoms with Gasteiger partial charge in [0.25, 0.3) is 0 Å². The number of ketones is 1. The molecule has 0 aromatic carbocycles. The summed E-state index contributed by atoms with van der Waals surface area (Å²) in [6.07, 6.45) is 13.5. The zero-order valence-electron chi connectivity index (χ0n) is 20.2. The first-order chi connectivity index (χ1) is 13.1. The first-order valence-electron chi connectivity index (χ1n) is 12.7. The van der Waals surface area contributed by atoms with E-state index in [1.807, 2.05) is 0 Å². The quantitative estimate of drug-likeness (QED) is 0.407. The van der Waals surface area contributed by atoms with E-state index in [1.54, 1.807) is 0 Å². The number of carbonyl (C=O) groups is 1. The van der Waals surface area contributed by atoms with Crippen molar-refractivity contribution in [1.82, 2.24) is 0 Å². The molecule has 0 aromatic rings. The fourth-order valence-corrected chi connectivity index (χ4v) is 6.60. The minimum absolute atomic E-state index is 0.427. The summed E-state index contributed by atoms with van der Waals surface area (Å²) < 4.78 is 0. The molecule has 2 fully saturated rings. The summed E-state index contributed by atoms with van der Waals surface area (Å²) in [5, 5.41) is 0. The smallest absolute Gasteiger partial charge is 0.132 e. The maximum Gasteiger partial charge on any atom is 0.132 e. The molecule has 0 saturated heterocycles. The summed E-state index contributed by atoms with van der Waals surface area (Å²) in [6.45, 7) is 16.8. The zero-order valence-corrected chi connectivity index (χ0v) is 20.2. The highest BCUT2D eigenvalue weighted by Crippen LogP contribution is 2.46. The first kappa shape index (κ1) is 23.9. The lowest BCUT2D eigenvalue weighted by atomic mass is 9.61. The van der Waals surface area contributed by atoms with Crippen molar-refractivity contribution in [2.75, 3.05) is 0 Å². The Kier molecular flexibility index (Phi) is 9.09. The number of Topliss-reactive ketones (excluding diaryl/α,β-unsaturated/α-hetero) is 1. The van der Waals surface area contributed by atoms with E-state index < -0.39 is 0 Å². The first-order valence-corrected chi connectivity index (χ1v) is 12.7. The summed E-state index contributed by atoms with van der Waals surface area (Å²) in [6, 6.07) is 0. The van der Waals surface area contributed by atoms with Crippen LogP contribution in [0, 0.1) is 46.8 Å². The van der Waals surface area contributed by atoms with Gasteiger partial charge in [-0.15, -0.1) is 0 Å². The molecule has 2 aliphatic rings. The highest BCUT2D eigenvalue weighted by atomic mass is 16.1. The van der Waals surface area contributed by atoms with Crippen LogP contribution in [0.15, 0.2) is 0 Å². The zero-order chi connectivity index (χ0) is 20.9. The van der Waals surface area contributed by atoms with Gasteiger partial charge in [0.2, 0.25) is 0 Å². The van der Waals surface area contributed by atoms with Crippen LogP contribution in [0.3, 0.4) is 0 Å². The Morgan fingerprint density at radius 1 is 0.750 bits per heavy atom. The van der Waals surface area contributed by atoms with E-state index in [1.165, 1.54) is 44.9 Å². The molecule has 0 amide bonds. The van der Waals surface area contributed by atoms with Gasteiger partial charge >= 0.3 is 0 Å². The van der Waals surface area contributed by atoms with Crippen LogP contribution in [-0.2, 0) is 4.79 Å². The molecule has 164 valence electrons. The third kappa shape index (κ3) is 6.88. The molecule has 2 saturated carbocycles. The second kappa shape index (κ2) is 10.6. The van der Waals surface area contributed by atoms with Crippen LogP contribution in [0.25, 0.3) is 0 Å². The van der Waals surface area contributed by atoms with E-state index in [0.717, 1.165) is 67.1 Å². The molecule has 2 rings (SSSR count). The van der Waals surface area contributed by atoms with Gasteiger partial charge in [-0.2, -0.15) is 0 Å². The Morgan fingerprint density at radius 2 is 1.21 bits per heavy atom. The van der Waals surface area contributed by atoms with E-state index in [4.69, 9.17) is 0 Å². The Labute approximate surface area is 176 Å². The lowest BCUT2D eigenvalue weighted by Crippen LogP contribution is -2.35. The molecule has 1 nitrogen and oxygen atoms in total. The molecule has 0 spiro atoms. The highest BCUT2D eigenvalue weighted by Gasteiger charge is 2.37. The molecule has 0 radical (unpaired) electrons. The van der Waals surface area contributed by atoms with Gasteiger partial charge in [-0.25, -0.2) is 0 Å². The molecular weight excluding hydrogens is 340 g/mol. The minimum atomic E-state index is 0.427. The topological polar surface area (TPSA) is 17.1 Å². The van der Waals surface area contributed by atoms with Crippen LogP contribution in [0.5, 0.6) is 0 Å². The van der Waals surface area contributed by atoms with E-state index in [-0.39, 0.29) is 0 Å². The van der Waals surface area contributed by atoms with Crippen LogP contribution in [0.1, 0.15) is 119 Å². The minimum Gasteiger partial charge on any atom is -0.300 e. The van der Waals surface area contributed by atoms with Gasteiger partial charge in [0.1, 0.15) is 5.78 Å². The third-order valence-electron chi connectivity index (χ3n) is 8.74. The maximum absolute atomic E-state index is 12.7. The van der Waals surface area contributed by atoms with E-state index in [9.17, 15) is 4.79 Å². The molecule has 0 N–H and O–H groups in total. The predicted octanol–water partition coefficient (Wildman–Crippen LogP) is 8.31. The van der Waals surface area contributed by atoms with Crippen LogP contribution in [0.2, 0.25) is 0 Å². The van der Waals surface area contributed by atoms with Crippen molar-refractivity contribution in [3.63, 3.8) is 0 Å². The number of hydrogen-bond acceptors (Lipinski definition) is 1. The van der Waals surface area contributed by atoms with Gasteiger partial charge < -0.3 is 0 Å². The molecule has 1 heteroatoms. The average molecular weight is 391 g/mol. The molecule has 4 atom stereocenters. The Morgan fingerprint density at radius 3 is 1.68 bits per heavy atom. The SMILES string of the molecule is CCC1CC(CC)CC(CCC(=O)CCC2C(C)CC(C(C)(C)C)CC2C)C1. The van der Waals surface area contributed by atoms with Crippen molar-refractivity contribution >= 4 is 5.78 Å². The molecule has 4 unspecified atom stereocenters. The number of carbonyl (C=O) groups excluding carboxylic acids is 1. The average Bonchev–Trinajstić information content (AvgIpc) is 2.64. The van der Waals surface area contributed by atoms with Gasteiger partial charge in [-0.05, 0) is 91.8 Å². The molecule has 0 heterocycles. The Bertz CT molecular complexity index is 449. The van der Waals surface area contributed by atoms with E-state index >= 15 is 0 Å². The lowest BCUT2D eigenvalue weighted by molar-refractivity contribution is -0.120. The summed E-state index contributed by atoms with van der Waals surface area (Å²) in [4.78, 5) is 12.7. The van der Waals surface area contributed by atoms with Crippen LogP contribution < -0.4 is 0 Å². The Hall–Kier alpha value is -0.330. The third-order valence-corrected chi connectivity index (χ3v) is 8.74. The van der Waals surface area contributed by atoms with Crippen molar-refractivity contribution in [2.24, 2.45) is 46.8 Å². The van der Waals surface area contributed by atoms with E-state index in [2.05, 4.69) is 48.5 Å². The second-order valence-corrected chi connectivity index (χ2v) is 11.9. The molecule has 2 aliphatic carbocycles. The van der Waals surface area contributed by atoms with Crippen LogP contribution >= 0.6 is 0 Å². The normalized spacial score (nSPS) is 37.0. The van der Waals surface area contributed by atoms with Crippen molar-refractivity contribution < 1.29 is 4.79 Å². The van der Waals surface area contributed by atoms with Crippen molar-refractivity contribution in [2.45, 2.75) is 119 Å². The standard InChI is InChI=1S/C27H50O/c1-8-21-16-22(9-2)18-23(17-21)10-11-25(28)12-13-26-19(3)14-24(15-20(26)4)27(5,6)7/h19-24,26H,8-18H2,1-7H3. The predicted molar refractivity (Wildman–Crippen MR) is 122 cm³/mol. The van der Waals surface area contributed by atoms with Crippen LogP contribution in [0.4, 0.5) is 0 Å². The van der Waals surface area contributed by atoms with Gasteiger partial charge in [-0.3, -0.25) is 4.79 Å². The second-order valence-electron chi connectivity index (χ2n) is 11.9. The lowest BCUT2D eigenvalue weighted by Gasteiger charge is -2.44. The van der Waals surface area contributed by atoms with Gasteiger partial charge in [0.05, 0.1) is 0 Å². The summed E-state index contributed by atoms with van der Waals surface area (Å²) in [7, 11) is 0. The molecule has 28 heavy (non-hydrogen) atoms. The van der Waals surface area contributed by atoms with Gasteiger partial charge in [-0.1, -0.05) is 61.3 Å². The van der Waals surface area contributed by atoms with Crippen molar-refractivity contribution in [3.8, 4) is 0 Å². The van der Waals surface area contributed by atoms with Crippen LogP contribution in [-0.4, -0.2) is 5.78 Å². The van der Waals surface area contributed by atoms with Gasteiger partial charge in [0, 0.05) is 12.8 Å². The summed E-state index contributed by atoms with van der Waals surface area (Å²) in [5.41, 5.74) is 0.427. The van der Waals surface area contributed by atoms with Crippen molar-refractivity contribution in [1.29, 1.82) is 0 Å².